The normalized spacial score (nSPS) is 10.5. The van der Waals surface area contributed by atoms with Gasteiger partial charge in [0.05, 0.1) is 18.4 Å². The van der Waals surface area contributed by atoms with Crippen LogP contribution in [0.3, 0.4) is 0 Å². The summed E-state index contributed by atoms with van der Waals surface area (Å²) in [6.07, 6.45) is 5.26. The molecule has 0 bridgehead atoms. The lowest BCUT2D eigenvalue weighted by atomic mass is 10.2. The van der Waals surface area contributed by atoms with Gasteiger partial charge in [-0.2, -0.15) is 0 Å². The molecule has 0 aliphatic heterocycles. The summed E-state index contributed by atoms with van der Waals surface area (Å²) in [5.74, 6) is -0.614. The summed E-state index contributed by atoms with van der Waals surface area (Å²) in [6.45, 7) is 1.12. The molecular formula is C18H15ClFN3O2. The number of ether oxygens (including phenoxy) is 1. The van der Waals surface area contributed by atoms with Crippen molar-refractivity contribution in [3.8, 4) is 5.75 Å². The Balaban J connectivity index is 1.61. The molecule has 128 valence electrons. The zero-order chi connectivity index (χ0) is 17.6. The first-order chi connectivity index (χ1) is 12.1. The second-order valence-corrected chi connectivity index (χ2v) is 5.69. The first-order valence-corrected chi connectivity index (χ1v) is 7.94. The Morgan fingerprint density at radius 2 is 2.16 bits per heavy atom. The van der Waals surface area contributed by atoms with Crippen LogP contribution in [-0.2, 0) is 6.54 Å². The second kappa shape index (κ2) is 7.81. The topological polar surface area (TPSA) is 56.1 Å². The third-order valence-corrected chi connectivity index (χ3v) is 3.68. The van der Waals surface area contributed by atoms with Crippen LogP contribution in [0.4, 0.5) is 10.1 Å². The van der Waals surface area contributed by atoms with E-state index in [1.165, 1.54) is 12.1 Å². The number of rotatable bonds is 6. The number of imidazole rings is 1. The Kier molecular flexibility index (Phi) is 5.30. The highest BCUT2D eigenvalue weighted by molar-refractivity contribution is 6.30. The quantitative estimate of drug-likeness (QED) is 0.723. The predicted molar refractivity (Wildman–Crippen MR) is 93.5 cm³/mol. The second-order valence-electron chi connectivity index (χ2n) is 5.26. The van der Waals surface area contributed by atoms with Gasteiger partial charge in [-0.3, -0.25) is 4.79 Å². The number of carbonyl (C=O) groups excluding carboxylic acids is 1. The smallest absolute Gasteiger partial charge is 0.258 e. The Labute approximate surface area is 149 Å². The van der Waals surface area contributed by atoms with Crippen LogP contribution in [0.25, 0.3) is 0 Å². The molecule has 5 nitrogen and oxygen atoms in total. The minimum Gasteiger partial charge on any atom is -0.492 e. The van der Waals surface area contributed by atoms with Crippen LogP contribution in [0.2, 0.25) is 5.02 Å². The van der Waals surface area contributed by atoms with E-state index in [0.717, 1.165) is 6.07 Å². The average Bonchev–Trinajstić information content (AvgIpc) is 3.08. The SMILES string of the molecule is O=C(Nc1cccc(OCCn2ccnc2)c1)c1ccc(Cl)cc1F. The summed E-state index contributed by atoms with van der Waals surface area (Å²) in [5.41, 5.74) is 0.440. The minimum absolute atomic E-state index is 0.0733. The van der Waals surface area contributed by atoms with Crippen molar-refractivity contribution in [2.24, 2.45) is 0 Å². The molecule has 7 heteroatoms. The Bertz CT molecular complexity index is 869. The van der Waals surface area contributed by atoms with Crippen LogP contribution < -0.4 is 10.1 Å². The molecule has 0 aliphatic rings. The molecule has 0 unspecified atom stereocenters. The number of halogens is 2. The van der Waals surface area contributed by atoms with Crippen molar-refractivity contribution in [1.82, 2.24) is 9.55 Å². The zero-order valence-corrected chi connectivity index (χ0v) is 13.9. The standard InChI is InChI=1S/C18H15ClFN3O2/c19-13-4-5-16(17(20)10-13)18(24)22-14-2-1-3-15(11-14)25-9-8-23-7-6-21-12-23/h1-7,10-12H,8-9H2,(H,22,24). The van der Waals surface area contributed by atoms with Crippen LogP contribution in [0.5, 0.6) is 5.75 Å². The van der Waals surface area contributed by atoms with E-state index < -0.39 is 11.7 Å². The molecule has 0 saturated carbocycles. The molecule has 1 N–H and O–H groups in total. The maximum atomic E-state index is 13.8. The number of carbonyl (C=O) groups is 1. The highest BCUT2D eigenvalue weighted by atomic mass is 35.5. The summed E-state index contributed by atoms with van der Waals surface area (Å²) in [4.78, 5) is 16.1. The molecule has 1 heterocycles. The average molecular weight is 360 g/mol. The van der Waals surface area contributed by atoms with Crippen LogP contribution in [0, 0.1) is 5.82 Å². The van der Waals surface area contributed by atoms with Gasteiger partial charge in [0.1, 0.15) is 18.2 Å². The lowest BCUT2D eigenvalue weighted by molar-refractivity contribution is 0.102. The molecule has 25 heavy (non-hydrogen) atoms. The fourth-order valence-corrected chi connectivity index (χ4v) is 2.38. The Morgan fingerprint density at radius 3 is 2.92 bits per heavy atom. The van der Waals surface area contributed by atoms with Crippen molar-refractivity contribution in [2.75, 3.05) is 11.9 Å². The van der Waals surface area contributed by atoms with Crippen LogP contribution >= 0.6 is 11.6 Å². The van der Waals surface area contributed by atoms with Crippen molar-refractivity contribution in [3.05, 3.63) is 77.6 Å². The first-order valence-electron chi connectivity index (χ1n) is 7.57. The van der Waals surface area contributed by atoms with Crippen LogP contribution in [0.15, 0.2) is 61.2 Å². The van der Waals surface area contributed by atoms with Gasteiger partial charge in [0, 0.05) is 29.2 Å². The number of aromatic nitrogens is 2. The van der Waals surface area contributed by atoms with E-state index in [1.54, 1.807) is 36.8 Å². The van der Waals surface area contributed by atoms with E-state index >= 15 is 0 Å². The van der Waals surface area contributed by atoms with Gasteiger partial charge in [0.15, 0.2) is 0 Å². The zero-order valence-electron chi connectivity index (χ0n) is 13.2. The summed E-state index contributed by atoms with van der Waals surface area (Å²) >= 11 is 5.69. The van der Waals surface area contributed by atoms with E-state index in [1.807, 2.05) is 10.8 Å². The van der Waals surface area contributed by atoms with E-state index in [2.05, 4.69) is 10.3 Å². The molecule has 3 aromatic rings. The van der Waals surface area contributed by atoms with E-state index in [4.69, 9.17) is 16.3 Å². The number of nitrogens with zero attached hydrogens (tertiary/aromatic N) is 2. The van der Waals surface area contributed by atoms with E-state index in [9.17, 15) is 9.18 Å². The lowest BCUT2D eigenvalue weighted by Crippen LogP contribution is -2.14. The maximum Gasteiger partial charge on any atom is 0.258 e. The highest BCUT2D eigenvalue weighted by Crippen LogP contribution is 2.20. The minimum atomic E-state index is -0.669. The number of nitrogens with one attached hydrogen (secondary N) is 1. The van der Waals surface area contributed by atoms with Crippen molar-refractivity contribution in [3.63, 3.8) is 0 Å². The maximum absolute atomic E-state index is 13.8. The van der Waals surface area contributed by atoms with E-state index in [-0.39, 0.29) is 10.6 Å². The number of amides is 1. The summed E-state index contributed by atoms with van der Waals surface area (Å²) < 4.78 is 21.4. The van der Waals surface area contributed by atoms with Gasteiger partial charge in [-0.25, -0.2) is 9.37 Å². The molecule has 3 rings (SSSR count). The monoisotopic (exact) mass is 359 g/mol. The molecule has 0 spiro atoms. The molecular weight excluding hydrogens is 345 g/mol. The molecule has 1 amide bonds. The van der Waals surface area contributed by atoms with Crippen LogP contribution in [-0.4, -0.2) is 22.1 Å². The third kappa shape index (κ3) is 4.58. The van der Waals surface area contributed by atoms with Gasteiger partial charge in [0.2, 0.25) is 0 Å². The molecule has 0 aliphatic carbocycles. The number of hydrogen-bond donors (Lipinski definition) is 1. The van der Waals surface area contributed by atoms with Gasteiger partial charge in [0.25, 0.3) is 5.91 Å². The molecule has 2 aromatic carbocycles. The molecule has 0 radical (unpaired) electrons. The van der Waals surface area contributed by atoms with Gasteiger partial charge in [-0.05, 0) is 30.3 Å². The molecule has 0 atom stereocenters. The predicted octanol–water partition coefficient (Wildman–Crippen LogP) is 4.01. The van der Waals surface area contributed by atoms with Crippen molar-refractivity contribution >= 4 is 23.2 Å². The Morgan fingerprint density at radius 1 is 1.28 bits per heavy atom. The third-order valence-electron chi connectivity index (χ3n) is 3.45. The molecule has 1 aromatic heterocycles. The van der Waals surface area contributed by atoms with E-state index in [0.29, 0.717) is 24.6 Å². The van der Waals surface area contributed by atoms with Gasteiger partial charge < -0.3 is 14.6 Å². The van der Waals surface area contributed by atoms with Crippen LogP contribution in [0.1, 0.15) is 10.4 Å². The van der Waals surface area contributed by atoms with Gasteiger partial charge in [-0.15, -0.1) is 0 Å². The lowest BCUT2D eigenvalue weighted by Gasteiger charge is -2.10. The number of benzene rings is 2. The number of hydrogen-bond acceptors (Lipinski definition) is 3. The number of anilines is 1. The summed E-state index contributed by atoms with van der Waals surface area (Å²) in [7, 11) is 0. The van der Waals surface area contributed by atoms with Crippen molar-refractivity contribution < 1.29 is 13.9 Å². The molecule has 0 saturated heterocycles. The van der Waals surface area contributed by atoms with Gasteiger partial charge in [-0.1, -0.05) is 17.7 Å². The largest absolute Gasteiger partial charge is 0.492 e. The van der Waals surface area contributed by atoms with Crippen molar-refractivity contribution in [1.29, 1.82) is 0 Å². The highest BCUT2D eigenvalue weighted by Gasteiger charge is 2.12. The molecule has 0 fully saturated rings. The fourth-order valence-electron chi connectivity index (χ4n) is 2.22. The summed E-state index contributed by atoms with van der Waals surface area (Å²) in [5, 5.41) is 2.88. The Hall–Kier alpha value is -2.86. The summed E-state index contributed by atoms with van der Waals surface area (Å²) in [6, 6.07) is 10.8. The fraction of sp³-hybridized carbons (Fsp3) is 0.111. The first kappa shape index (κ1) is 17.0. The van der Waals surface area contributed by atoms with Crippen molar-refractivity contribution in [2.45, 2.75) is 6.54 Å². The van der Waals surface area contributed by atoms with Gasteiger partial charge >= 0.3 is 0 Å².